The van der Waals surface area contributed by atoms with Crippen LogP contribution in [0.25, 0.3) is 11.3 Å². The molecule has 0 radical (unpaired) electrons. The Bertz CT molecular complexity index is 938. The number of aromatic nitrogens is 2. The first-order valence-electron chi connectivity index (χ1n) is 9.66. The molecule has 1 heterocycles. The van der Waals surface area contributed by atoms with Gasteiger partial charge >= 0.3 is 0 Å². The van der Waals surface area contributed by atoms with Crippen LogP contribution in [0.5, 0.6) is 5.75 Å². The van der Waals surface area contributed by atoms with Gasteiger partial charge < -0.3 is 10.1 Å². The maximum Gasteiger partial charge on any atom is 0.130 e. The minimum atomic E-state index is 0.298. The third-order valence-corrected chi connectivity index (χ3v) is 4.97. The molecule has 0 spiro atoms. The van der Waals surface area contributed by atoms with Crippen molar-refractivity contribution >= 4 is 5.82 Å². The van der Waals surface area contributed by atoms with Crippen molar-refractivity contribution in [3.05, 3.63) is 71.5 Å². The first-order valence-corrected chi connectivity index (χ1v) is 9.66. The van der Waals surface area contributed by atoms with Crippen LogP contribution in [0.1, 0.15) is 42.8 Å². The van der Waals surface area contributed by atoms with E-state index in [-0.39, 0.29) is 0 Å². The van der Waals surface area contributed by atoms with Crippen molar-refractivity contribution in [2.45, 2.75) is 39.2 Å². The van der Waals surface area contributed by atoms with Crippen LogP contribution in [0.3, 0.4) is 0 Å². The summed E-state index contributed by atoms with van der Waals surface area (Å²) in [5.74, 6) is 2.50. The van der Waals surface area contributed by atoms with Crippen LogP contribution in [0, 0.1) is 6.92 Å². The fraction of sp³-hybridized carbons (Fsp3) is 0.304. The Morgan fingerprint density at radius 1 is 1.07 bits per heavy atom. The van der Waals surface area contributed by atoms with E-state index < -0.39 is 0 Å². The highest BCUT2D eigenvalue weighted by Crippen LogP contribution is 2.33. The molecule has 3 aromatic rings. The van der Waals surface area contributed by atoms with Gasteiger partial charge in [0, 0.05) is 11.6 Å². The van der Waals surface area contributed by atoms with Crippen LogP contribution in [0.2, 0.25) is 0 Å². The standard InChI is InChI=1S/C23H25N3O/c1-3-27-19-11-6-10-18(14-19)22-15-23(25-16(2)24-22)26-21-13-7-9-17-8-4-5-12-20(17)21/h4-6,8,10-12,14-15,21H,3,7,9,13H2,1-2H3,(H,24,25,26)/t21-/m1/s1. The maximum absolute atomic E-state index is 5.63. The Morgan fingerprint density at radius 3 is 2.85 bits per heavy atom. The second-order valence-corrected chi connectivity index (χ2v) is 6.93. The van der Waals surface area contributed by atoms with E-state index in [1.165, 1.54) is 17.5 Å². The molecule has 1 N–H and O–H groups in total. The molecule has 1 aliphatic rings. The normalized spacial score (nSPS) is 15.9. The molecule has 0 amide bonds. The molecule has 27 heavy (non-hydrogen) atoms. The third kappa shape index (κ3) is 3.95. The summed E-state index contributed by atoms with van der Waals surface area (Å²) in [5, 5.41) is 3.65. The van der Waals surface area contributed by atoms with E-state index >= 15 is 0 Å². The number of benzene rings is 2. The highest BCUT2D eigenvalue weighted by Gasteiger charge is 2.20. The van der Waals surface area contributed by atoms with E-state index in [9.17, 15) is 0 Å². The Balaban J connectivity index is 1.63. The smallest absolute Gasteiger partial charge is 0.130 e. The fourth-order valence-electron chi connectivity index (χ4n) is 3.78. The molecule has 0 aliphatic heterocycles. The SMILES string of the molecule is CCOc1cccc(-c2cc(N[C@@H]3CCCc4ccccc43)nc(C)n2)c1. The summed E-state index contributed by atoms with van der Waals surface area (Å²) < 4.78 is 5.63. The monoisotopic (exact) mass is 359 g/mol. The molecule has 0 fully saturated rings. The average molecular weight is 359 g/mol. The van der Waals surface area contributed by atoms with Gasteiger partial charge in [-0.15, -0.1) is 0 Å². The minimum absolute atomic E-state index is 0.298. The predicted molar refractivity (Wildman–Crippen MR) is 109 cm³/mol. The molecule has 0 saturated carbocycles. The summed E-state index contributed by atoms with van der Waals surface area (Å²) in [4.78, 5) is 9.27. The van der Waals surface area contributed by atoms with Crippen LogP contribution in [-0.4, -0.2) is 16.6 Å². The second-order valence-electron chi connectivity index (χ2n) is 6.93. The second kappa shape index (κ2) is 7.78. The summed E-state index contributed by atoms with van der Waals surface area (Å²) in [6, 6.07) is 19.1. The van der Waals surface area contributed by atoms with Crippen molar-refractivity contribution in [3.8, 4) is 17.0 Å². The molecule has 4 heteroatoms. The van der Waals surface area contributed by atoms with Crippen LogP contribution < -0.4 is 10.1 Å². The number of rotatable bonds is 5. The number of nitrogens with one attached hydrogen (secondary N) is 1. The number of aryl methyl sites for hydroxylation is 2. The van der Waals surface area contributed by atoms with Crippen LogP contribution in [0.15, 0.2) is 54.6 Å². The summed E-state index contributed by atoms with van der Waals surface area (Å²) in [6.45, 7) is 4.58. The van der Waals surface area contributed by atoms with Crippen LogP contribution >= 0.6 is 0 Å². The first-order chi connectivity index (χ1) is 13.2. The average Bonchev–Trinajstić information content (AvgIpc) is 2.68. The van der Waals surface area contributed by atoms with Gasteiger partial charge in [-0.05, 0) is 56.4 Å². The predicted octanol–water partition coefficient (Wildman–Crippen LogP) is 5.34. The lowest BCUT2D eigenvalue weighted by Crippen LogP contribution is -2.18. The lowest BCUT2D eigenvalue weighted by Gasteiger charge is -2.27. The largest absolute Gasteiger partial charge is 0.494 e. The molecular formula is C23H25N3O. The number of hydrogen-bond acceptors (Lipinski definition) is 4. The molecule has 4 rings (SSSR count). The van der Waals surface area contributed by atoms with Gasteiger partial charge in [0.25, 0.3) is 0 Å². The molecule has 0 unspecified atom stereocenters. The summed E-state index contributed by atoms with van der Waals surface area (Å²) in [5.41, 5.74) is 4.78. The third-order valence-electron chi connectivity index (χ3n) is 4.97. The van der Waals surface area contributed by atoms with E-state index in [2.05, 4.69) is 45.6 Å². The molecule has 1 aromatic heterocycles. The zero-order valence-electron chi connectivity index (χ0n) is 15.9. The number of ether oxygens (including phenoxy) is 1. The van der Waals surface area contributed by atoms with Crippen molar-refractivity contribution < 1.29 is 4.74 Å². The molecule has 1 aliphatic carbocycles. The van der Waals surface area contributed by atoms with E-state index in [1.807, 2.05) is 38.1 Å². The molecule has 4 nitrogen and oxygen atoms in total. The molecule has 1 atom stereocenters. The van der Waals surface area contributed by atoms with Gasteiger partial charge in [-0.3, -0.25) is 0 Å². The molecule has 0 saturated heterocycles. The highest BCUT2D eigenvalue weighted by molar-refractivity contribution is 5.64. The number of nitrogens with zero attached hydrogens (tertiary/aromatic N) is 2. The van der Waals surface area contributed by atoms with Gasteiger partial charge in [-0.2, -0.15) is 0 Å². The Morgan fingerprint density at radius 2 is 1.96 bits per heavy atom. The van der Waals surface area contributed by atoms with Crippen molar-refractivity contribution in [2.24, 2.45) is 0 Å². The first kappa shape index (κ1) is 17.5. The van der Waals surface area contributed by atoms with Crippen molar-refractivity contribution in [2.75, 3.05) is 11.9 Å². The highest BCUT2D eigenvalue weighted by atomic mass is 16.5. The van der Waals surface area contributed by atoms with Gasteiger partial charge in [0.05, 0.1) is 18.3 Å². The van der Waals surface area contributed by atoms with Gasteiger partial charge in [0.15, 0.2) is 0 Å². The maximum atomic E-state index is 5.63. The fourth-order valence-corrected chi connectivity index (χ4v) is 3.78. The summed E-state index contributed by atoms with van der Waals surface area (Å²) >= 11 is 0. The Hall–Kier alpha value is -2.88. The summed E-state index contributed by atoms with van der Waals surface area (Å²) in [6.07, 6.45) is 3.48. The molecular weight excluding hydrogens is 334 g/mol. The number of hydrogen-bond donors (Lipinski definition) is 1. The minimum Gasteiger partial charge on any atom is -0.494 e. The molecule has 138 valence electrons. The van der Waals surface area contributed by atoms with Crippen LogP contribution in [-0.2, 0) is 6.42 Å². The van der Waals surface area contributed by atoms with Crippen molar-refractivity contribution in [1.29, 1.82) is 0 Å². The zero-order chi connectivity index (χ0) is 18.6. The lowest BCUT2D eigenvalue weighted by molar-refractivity contribution is 0.340. The van der Waals surface area contributed by atoms with E-state index in [0.29, 0.717) is 12.6 Å². The zero-order valence-corrected chi connectivity index (χ0v) is 15.9. The molecule has 0 bridgehead atoms. The number of fused-ring (bicyclic) bond motifs is 1. The Labute approximate surface area is 160 Å². The van der Waals surface area contributed by atoms with Gasteiger partial charge in [-0.1, -0.05) is 36.4 Å². The van der Waals surface area contributed by atoms with Crippen molar-refractivity contribution in [3.63, 3.8) is 0 Å². The Kier molecular flexibility index (Phi) is 5.05. The van der Waals surface area contributed by atoms with Gasteiger partial charge in [-0.25, -0.2) is 9.97 Å². The lowest BCUT2D eigenvalue weighted by atomic mass is 9.88. The van der Waals surface area contributed by atoms with E-state index in [1.54, 1.807) is 0 Å². The summed E-state index contributed by atoms with van der Waals surface area (Å²) in [7, 11) is 0. The quantitative estimate of drug-likeness (QED) is 0.668. The van der Waals surface area contributed by atoms with Crippen molar-refractivity contribution in [1.82, 2.24) is 9.97 Å². The van der Waals surface area contributed by atoms with E-state index in [4.69, 9.17) is 4.74 Å². The van der Waals surface area contributed by atoms with Gasteiger partial charge in [0.2, 0.25) is 0 Å². The van der Waals surface area contributed by atoms with Gasteiger partial charge in [0.1, 0.15) is 17.4 Å². The topological polar surface area (TPSA) is 47.0 Å². The molecule has 2 aromatic carbocycles. The van der Waals surface area contributed by atoms with E-state index in [0.717, 1.165) is 41.5 Å². The van der Waals surface area contributed by atoms with Crippen LogP contribution in [0.4, 0.5) is 5.82 Å². The number of anilines is 1.